The zero-order valence-corrected chi connectivity index (χ0v) is 8.32. The molecule has 1 aromatic carbocycles. The predicted octanol–water partition coefficient (Wildman–Crippen LogP) is 2.06. The maximum Gasteiger partial charge on any atom is 0.260 e. The van der Waals surface area contributed by atoms with Crippen molar-refractivity contribution in [3.8, 4) is 0 Å². The van der Waals surface area contributed by atoms with E-state index < -0.39 is 0 Å². The van der Waals surface area contributed by atoms with Crippen molar-refractivity contribution in [3.63, 3.8) is 0 Å². The van der Waals surface area contributed by atoms with Gasteiger partial charge in [0.1, 0.15) is 5.52 Å². The number of hydrogen-bond acceptors (Lipinski definition) is 4. The van der Waals surface area contributed by atoms with Crippen molar-refractivity contribution in [2.75, 3.05) is 5.88 Å². The number of carbonyl (C=O) groups excluding carboxylic acids is 2. The highest BCUT2D eigenvalue weighted by atomic mass is 35.5. The van der Waals surface area contributed by atoms with Gasteiger partial charge in [0, 0.05) is 5.56 Å². The Morgan fingerprint density at radius 2 is 2.33 bits per heavy atom. The van der Waals surface area contributed by atoms with Crippen LogP contribution in [0.15, 0.2) is 22.6 Å². The van der Waals surface area contributed by atoms with Gasteiger partial charge in [-0.05, 0) is 18.2 Å². The number of hydrogen-bond donors (Lipinski definition) is 0. The fourth-order valence-electron chi connectivity index (χ4n) is 1.24. The SMILES string of the molecule is O=Cc1nc2ccc(C(=O)CCl)cc2o1. The molecule has 4 nitrogen and oxygen atoms in total. The summed E-state index contributed by atoms with van der Waals surface area (Å²) in [5.41, 5.74) is 1.40. The van der Waals surface area contributed by atoms with E-state index in [2.05, 4.69) is 4.98 Å². The first-order valence-electron chi connectivity index (χ1n) is 4.19. The first-order chi connectivity index (χ1) is 7.24. The molecule has 0 bridgehead atoms. The van der Waals surface area contributed by atoms with Gasteiger partial charge in [0.2, 0.25) is 6.29 Å². The van der Waals surface area contributed by atoms with Crippen molar-refractivity contribution in [1.82, 2.24) is 4.98 Å². The number of aldehydes is 1. The minimum atomic E-state index is -0.192. The lowest BCUT2D eigenvalue weighted by Crippen LogP contribution is -1.99. The Labute approximate surface area is 89.8 Å². The molecule has 2 rings (SSSR count). The third-order valence-corrected chi connectivity index (χ3v) is 2.19. The third-order valence-electron chi connectivity index (χ3n) is 1.95. The van der Waals surface area contributed by atoms with Gasteiger partial charge in [0.25, 0.3) is 5.89 Å². The number of halogens is 1. The molecule has 0 unspecified atom stereocenters. The molecular formula is C10H6ClNO3. The summed E-state index contributed by atoms with van der Waals surface area (Å²) < 4.78 is 5.08. The number of nitrogens with zero attached hydrogens (tertiary/aromatic N) is 1. The maximum absolute atomic E-state index is 11.3. The number of aromatic nitrogens is 1. The molecule has 0 aliphatic heterocycles. The molecule has 1 aromatic heterocycles. The van der Waals surface area contributed by atoms with Gasteiger partial charge in [-0.1, -0.05) is 0 Å². The molecule has 0 aliphatic carbocycles. The Balaban J connectivity index is 2.55. The van der Waals surface area contributed by atoms with Gasteiger partial charge in [-0.3, -0.25) is 9.59 Å². The second-order valence-electron chi connectivity index (χ2n) is 2.91. The monoisotopic (exact) mass is 223 g/mol. The zero-order valence-electron chi connectivity index (χ0n) is 7.57. The van der Waals surface area contributed by atoms with Crippen molar-refractivity contribution < 1.29 is 14.0 Å². The Morgan fingerprint density at radius 3 is 3.00 bits per heavy atom. The Kier molecular flexibility index (Phi) is 2.51. The highest BCUT2D eigenvalue weighted by molar-refractivity contribution is 6.30. The van der Waals surface area contributed by atoms with E-state index in [1.807, 2.05) is 0 Å². The average Bonchev–Trinajstić information content (AvgIpc) is 2.69. The van der Waals surface area contributed by atoms with Crippen LogP contribution in [0.4, 0.5) is 0 Å². The minimum absolute atomic E-state index is 0.000437. The van der Waals surface area contributed by atoms with E-state index in [0.29, 0.717) is 22.9 Å². The van der Waals surface area contributed by atoms with Crippen molar-refractivity contribution in [1.29, 1.82) is 0 Å². The van der Waals surface area contributed by atoms with Crippen molar-refractivity contribution in [2.45, 2.75) is 0 Å². The van der Waals surface area contributed by atoms with Gasteiger partial charge in [0.05, 0.1) is 5.88 Å². The number of Topliss-reactive ketones (excluding diaryl/α,β-unsaturated/α-hetero) is 1. The van der Waals surface area contributed by atoms with E-state index >= 15 is 0 Å². The van der Waals surface area contributed by atoms with E-state index in [1.54, 1.807) is 12.1 Å². The fourth-order valence-corrected chi connectivity index (χ4v) is 1.40. The number of fused-ring (bicyclic) bond motifs is 1. The molecule has 0 fully saturated rings. The largest absolute Gasteiger partial charge is 0.434 e. The summed E-state index contributed by atoms with van der Waals surface area (Å²) in [7, 11) is 0. The standard InChI is InChI=1S/C10H6ClNO3/c11-4-8(14)6-1-2-7-9(3-6)15-10(5-13)12-7/h1-3,5H,4H2. The maximum atomic E-state index is 11.3. The molecule has 0 radical (unpaired) electrons. The van der Waals surface area contributed by atoms with Crippen LogP contribution in [0.2, 0.25) is 0 Å². The lowest BCUT2D eigenvalue weighted by Gasteiger charge is -1.94. The van der Waals surface area contributed by atoms with Gasteiger partial charge in [-0.2, -0.15) is 0 Å². The van der Waals surface area contributed by atoms with Gasteiger partial charge in [-0.25, -0.2) is 4.98 Å². The number of ketones is 1. The molecule has 0 saturated carbocycles. The number of carbonyl (C=O) groups is 2. The normalized spacial score (nSPS) is 10.5. The smallest absolute Gasteiger partial charge is 0.260 e. The van der Waals surface area contributed by atoms with Crippen LogP contribution in [0.3, 0.4) is 0 Å². The van der Waals surface area contributed by atoms with Crippen LogP contribution in [0.5, 0.6) is 0 Å². The molecule has 0 aliphatic rings. The predicted molar refractivity (Wildman–Crippen MR) is 54.4 cm³/mol. The molecule has 2 aromatic rings. The van der Waals surface area contributed by atoms with Crippen LogP contribution >= 0.6 is 11.6 Å². The molecule has 0 atom stereocenters. The summed E-state index contributed by atoms with van der Waals surface area (Å²) in [6.07, 6.45) is 0.517. The van der Waals surface area contributed by atoms with Crippen molar-refractivity contribution in [3.05, 3.63) is 29.7 Å². The molecule has 0 spiro atoms. The molecule has 0 amide bonds. The van der Waals surface area contributed by atoms with E-state index in [4.69, 9.17) is 16.0 Å². The molecule has 1 heterocycles. The highest BCUT2D eigenvalue weighted by Gasteiger charge is 2.09. The van der Waals surface area contributed by atoms with Crippen LogP contribution in [0, 0.1) is 0 Å². The van der Waals surface area contributed by atoms with Gasteiger partial charge in [-0.15, -0.1) is 11.6 Å². The van der Waals surface area contributed by atoms with Gasteiger partial charge < -0.3 is 4.42 Å². The second-order valence-corrected chi connectivity index (χ2v) is 3.18. The Morgan fingerprint density at radius 1 is 1.53 bits per heavy atom. The second kappa shape index (κ2) is 3.82. The van der Waals surface area contributed by atoms with E-state index in [9.17, 15) is 9.59 Å². The minimum Gasteiger partial charge on any atom is -0.434 e. The van der Waals surface area contributed by atoms with Crippen LogP contribution < -0.4 is 0 Å². The number of benzene rings is 1. The van der Waals surface area contributed by atoms with Gasteiger partial charge >= 0.3 is 0 Å². The summed E-state index contributed by atoms with van der Waals surface area (Å²) in [5, 5.41) is 0. The lowest BCUT2D eigenvalue weighted by atomic mass is 10.1. The summed E-state index contributed by atoms with van der Waals surface area (Å²) in [4.78, 5) is 25.6. The molecule has 0 N–H and O–H groups in total. The van der Waals surface area contributed by atoms with E-state index in [1.165, 1.54) is 6.07 Å². The quantitative estimate of drug-likeness (QED) is 0.454. The van der Waals surface area contributed by atoms with Crippen LogP contribution in [-0.4, -0.2) is 22.9 Å². The zero-order chi connectivity index (χ0) is 10.8. The van der Waals surface area contributed by atoms with Crippen LogP contribution in [-0.2, 0) is 0 Å². The topological polar surface area (TPSA) is 60.2 Å². The number of rotatable bonds is 3. The van der Waals surface area contributed by atoms with Crippen LogP contribution in [0.25, 0.3) is 11.1 Å². The Hall–Kier alpha value is -1.68. The van der Waals surface area contributed by atoms with Gasteiger partial charge in [0.15, 0.2) is 11.4 Å². The first-order valence-corrected chi connectivity index (χ1v) is 4.73. The van der Waals surface area contributed by atoms with Crippen molar-refractivity contribution >= 4 is 34.8 Å². The Bertz CT molecular complexity index is 532. The summed E-state index contributed by atoms with van der Waals surface area (Å²) in [5.74, 6) is -0.275. The third kappa shape index (κ3) is 1.76. The number of alkyl halides is 1. The number of oxazole rings is 1. The first kappa shape index (κ1) is 9.86. The average molecular weight is 224 g/mol. The summed E-state index contributed by atoms with van der Waals surface area (Å²) in [6, 6.07) is 4.75. The molecule has 5 heteroatoms. The molecule has 15 heavy (non-hydrogen) atoms. The fraction of sp³-hybridized carbons (Fsp3) is 0.100. The summed E-state index contributed by atoms with van der Waals surface area (Å²) in [6.45, 7) is 0. The van der Waals surface area contributed by atoms with Crippen LogP contribution in [0.1, 0.15) is 21.0 Å². The molecular weight excluding hydrogens is 218 g/mol. The summed E-state index contributed by atoms with van der Waals surface area (Å²) >= 11 is 5.42. The molecule has 0 saturated heterocycles. The highest BCUT2D eigenvalue weighted by Crippen LogP contribution is 2.17. The van der Waals surface area contributed by atoms with E-state index in [-0.39, 0.29) is 17.6 Å². The van der Waals surface area contributed by atoms with E-state index in [0.717, 1.165) is 0 Å². The lowest BCUT2D eigenvalue weighted by molar-refractivity contribution is 0.102. The van der Waals surface area contributed by atoms with Crippen molar-refractivity contribution in [2.24, 2.45) is 0 Å². The molecule has 76 valence electrons.